The van der Waals surface area contributed by atoms with Crippen LogP contribution in [0.5, 0.6) is 11.5 Å². The first-order valence-electron chi connectivity index (χ1n) is 20.6. The molecule has 6 rings (SSSR count). The predicted octanol–water partition coefficient (Wildman–Crippen LogP) is 8.44. The summed E-state index contributed by atoms with van der Waals surface area (Å²) in [5, 5.41) is 0. The van der Waals surface area contributed by atoms with Crippen LogP contribution in [-0.4, -0.2) is 103 Å². The molecule has 1 aliphatic heterocycles. The molecule has 2 aromatic rings. The van der Waals surface area contributed by atoms with E-state index in [1.54, 1.807) is 0 Å². The lowest BCUT2D eigenvalue weighted by atomic mass is 9.80. The van der Waals surface area contributed by atoms with Gasteiger partial charge in [-0.2, -0.15) is 0 Å². The summed E-state index contributed by atoms with van der Waals surface area (Å²) in [6.07, 6.45) is 19.8. The van der Waals surface area contributed by atoms with E-state index in [0.717, 1.165) is 72.3 Å². The van der Waals surface area contributed by atoms with Gasteiger partial charge in [-0.15, -0.1) is 23.2 Å². The maximum Gasteiger partial charge on any atom is 0.126 e. The summed E-state index contributed by atoms with van der Waals surface area (Å²) in [6.45, 7) is 6.01. The Labute approximate surface area is 344 Å². The SMILES string of the molecule is ClCCCCOC1C2=CC=C[C@@H]1Cc1cccc3c1OCCOCCOCCOCCOCCOc1c(cccc1CC1=CC=C[C@@H](C3)C1OCCCCCl)C2. The highest BCUT2D eigenvalue weighted by Crippen LogP contribution is 2.39. The molecule has 56 heavy (non-hydrogen) atoms. The fraction of sp³-hybridized carbons (Fsp3) is 0.565. The topological polar surface area (TPSA) is 73.8 Å². The molecule has 3 aliphatic carbocycles. The minimum atomic E-state index is -0.117. The molecule has 2 unspecified atom stereocenters. The van der Waals surface area contributed by atoms with E-state index >= 15 is 0 Å². The smallest absolute Gasteiger partial charge is 0.126 e. The van der Waals surface area contributed by atoms with E-state index in [1.807, 2.05) is 0 Å². The van der Waals surface area contributed by atoms with Crippen LogP contribution in [-0.2, 0) is 54.1 Å². The van der Waals surface area contributed by atoms with Crippen molar-refractivity contribution in [2.24, 2.45) is 11.8 Å². The molecule has 0 fully saturated rings. The number of rotatable bonds is 10. The Morgan fingerprint density at radius 3 is 1.32 bits per heavy atom. The van der Waals surface area contributed by atoms with E-state index in [9.17, 15) is 0 Å². The number of allylic oxidation sites excluding steroid dienone is 4. The predicted molar refractivity (Wildman–Crippen MR) is 223 cm³/mol. The molecule has 10 heteroatoms. The molecule has 4 aliphatic rings. The van der Waals surface area contributed by atoms with Gasteiger partial charge in [-0.1, -0.05) is 72.9 Å². The fourth-order valence-electron chi connectivity index (χ4n) is 7.89. The zero-order chi connectivity index (χ0) is 38.6. The summed E-state index contributed by atoms with van der Waals surface area (Å²) in [6, 6.07) is 13.1. The second-order valence-corrected chi connectivity index (χ2v) is 15.4. The van der Waals surface area contributed by atoms with Crippen molar-refractivity contribution >= 4 is 23.2 Å². The van der Waals surface area contributed by atoms with Crippen LogP contribution >= 0.6 is 23.2 Å². The third-order valence-corrected chi connectivity index (χ3v) is 11.2. The molecule has 0 saturated carbocycles. The Kier molecular flexibility index (Phi) is 18.6. The van der Waals surface area contributed by atoms with Gasteiger partial charge < -0.3 is 37.9 Å². The second-order valence-electron chi connectivity index (χ2n) is 14.7. The third-order valence-electron chi connectivity index (χ3n) is 10.6. The largest absolute Gasteiger partial charge is 0.491 e. The van der Waals surface area contributed by atoms with Crippen molar-refractivity contribution in [2.45, 2.75) is 63.6 Å². The van der Waals surface area contributed by atoms with E-state index in [4.69, 9.17) is 61.1 Å². The lowest BCUT2D eigenvalue weighted by Crippen LogP contribution is -2.31. The number of unbranched alkanes of at least 4 members (excludes halogenated alkanes) is 2. The lowest BCUT2D eigenvalue weighted by molar-refractivity contribution is -0.00707. The number of benzene rings is 2. The number of ether oxygens (including phenoxy) is 8. The molecule has 1 heterocycles. The minimum Gasteiger partial charge on any atom is -0.491 e. The van der Waals surface area contributed by atoms with Gasteiger partial charge in [0, 0.05) is 36.8 Å². The van der Waals surface area contributed by atoms with Crippen molar-refractivity contribution in [2.75, 3.05) is 91.0 Å². The molecular weight excluding hydrogens is 751 g/mol. The summed E-state index contributed by atoms with van der Waals surface area (Å²) < 4.78 is 50.4. The quantitative estimate of drug-likeness (QED) is 0.175. The average molecular weight is 812 g/mol. The molecular formula is C46H60Cl2O8. The minimum absolute atomic E-state index is 0.102. The molecule has 4 atom stereocenters. The third kappa shape index (κ3) is 12.9. The molecule has 0 N–H and O–H groups in total. The van der Waals surface area contributed by atoms with Crippen molar-refractivity contribution in [1.29, 1.82) is 0 Å². The van der Waals surface area contributed by atoms with Gasteiger partial charge in [0.1, 0.15) is 24.7 Å². The van der Waals surface area contributed by atoms with Crippen molar-refractivity contribution in [3.8, 4) is 11.5 Å². The van der Waals surface area contributed by atoms with Gasteiger partial charge in [-0.25, -0.2) is 0 Å². The maximum absolute atomic E-state index is 6.82. The maximum atomic E-state index is 6.82. The molecule has 8 nitrogen and oxygen atoms in total. The summed E-state index contributed by atoms with van der Waals surface area (Å²) in [4.78, 5) is 0. The summed E-state index contributed by atoms with van der Waals surface area (Å²) in [7, 11) is 0. The number of hydrogen-bond donors (Lipinski definition) is 0. The monoisotopic (exact) mass is 810 g/mol. The molecule has 0 aromatic heterocycles. The Hall–Kier alpha value is -2.66. The number of halogens is 2. The molecule has 306 valence electrons. The molecule has 0 saturated heterocycles. The number of hydrogen-bond acceptors (Lipinski definition) is 8. The van der Waals surface area contributed by atoms with Gasteiger partial charge in [0.15, 0.2) is 0 Å². The van der Waals surface area contributed by atoms with E-state index in [2.05, 4.69) is 72.9 Å². The van der Waals surface area contributed by atoms with Crippen LogP contribution in [0.4, 0.5) is 0 Å². The first-order valence-corrected chi connectivity index (χ1v) is 21.7. The first kappa shape index (κ1) is 42.9. The normalized spacial score (nSPS) is 24.0. The zero-order valence-corrected chi connectivity index (χ0v) is 34.3. The van der Waals surface area contributed by atoms with Crippen molar-refractivity contribution in [3.63, 3.8) is 0 Å². The van der Waals surface area contributed by atoms with Gasteiger partial charge in [0.05, 0.1) is 65.1 Å². The van der Waals surface area contributed by atoms with Crippen molar-refractivity contribution < 1.29 is 37.9 Å². The van der Waals surface area contributed by atoms with Gasteiger partial charge >= 0.3 is 0 Å². The summed E-state index contributed by atoms with van der Waals surface area (Å²) in [5.41, 5.74) is 7.04. The van der Waals surface area contributed by atoms with Crippen molar-refractivity contribution in [1.82, 2.24) is 0 Å². The number of alkyl halides is 2. The first-order chi connectivity index (χ1) is 27.7. The standard InChI is InChI=1S/C46H60Cl2O8/c47-17-1-3-19-53-43-35-9-5-10-36(43)32-40-14-8-16-42-34-38-12-6-11-37(44(38)54-20-4-2-18-48)33-41-15-7-13-39(31-35)45(41)55-29-27-51-25-23-49-21-22-50-24-26-52-28-30-56-46(40)42/h5-16,35,37,43-44H,1-4,17-34H2/t35-,37+,43?,44?. The summed E-state index contributed by atoms with van der Waals surface area (Å²) >= 11 is 12.2. The van der Waals surface area contributed by atoms with E-state index < -0.39 is 0 Å². The summed E-state index contributed by atoms with van der Waals surface area (Å²) in [5.74, 6) is 3.29. The highest BCUT2D eigenvalue weighted by molar-refractivity contribution is 6.18. The van der Waals surface area contributed by atoms with Crippen molar-refractivity contribution in [3.05, 3.63) is 106 Å². The van der Waals surface area contributed by atoms with E-state index in [1.165, 1.54) is 11.1 Å². The Balaban J connectivity index is 1.41. The lowest BCUT2D eigenvalue weighted by Gasteiger charge is -2.33. The van der Waals surface area contributed by atoms with E-state index in [0.29, 0.717) is 104 Å². The van der Waals surface area contributed by atoms with Crippen LogP contribution in [0, 0.1) is 11.8 Å². The molecule has 0 amide bonds. The molecule has 2 aromatic carbocycles. The molecule has 10 bridgehead atoms. The Morgan fingerprint density at radius 1 is 0.500 bits per heavy atom. The van der Waals surface area contributed by atoms with Gasteiger partial charge in [0.2, 0.25) is 0 Å². The van der Waals surface area contributed by atoms with Crippen LogP contribution in [0.2, 0.25) is 0 Å². The van der Waals surface area contributed by atoms with Crippen LogP contribution in [0.3, 0.4) is 0 Å². The Morgan fingerprint density at radius 2 is 0.893 bits per heavy atom. The number of fused-ring (bicyclic) bond motifs is 2. The molecule has 0 spiro atoms. The highest BCUT2D eigenvalue weighted by atomic mass is 35.5. The van der Waals surface area contributed by atoms with Crippen LogP contribution in [0.1, 0.15) is 47.9 Å². The van der Waals surface area contributed by atoms with E-state index in [-0.39, 0.29) is 24.0 Å². The van der Waals surface area contributed by atoms with Gasteiger partial charge in [-0.05, 0) is 84.8 Å². The second kappa shape index (κ2) is 24.3. The number of para-hydroxylation sites is 2. The van der Waals surface area contributed by atoms with Crippen LogP contribution in [0.25, 0.3) is 0 Å². The molecule has 0 radical (unpaired) electrons. The van der Waals surface area contributed by atoms with Gasteiger partial charge in [0.25, 0.3) is 0 Å². The highest BCUT2D eigenvalue weighted by Gasteiger charge is 2.32. The fourth-order valence-corrected chi connectivity index (χ4v) is 8.27. The zero-order valence-electron chi connectivity index (χ0n) is 32.8. The average Bonchev–Trinajstić information content (AvgIpc) is 3.20. The van der Waals surface area contributed by atoms with Crippen LogP contribution < -0.4 is 9.47 Å². The van der Waals surface area contributed by atoms with Crippen LogP contribution in [0.15, 0.2) is 84.0 Å². The van der Waals surface area contributed by atoms with Gasteiger partial charge in [-0.3, -0.25) is 0 Å². The Bertz CT molecular complexity index is 1510.